The van der Waals surface area contributed by atoms with Gasteiger partial charge in [-0.1, -0.05) is 24.3 Å². The summed E-state index contributed by atoms with van der Waals surface area (Å²) in [6, 6.07) is 18.2. The van der Waals surface area contributed by atoms with Crippen LogP contribution in [0.3, 0.4) is 0 Å². The van der Waals surface area contributed by atoms with E-state index < -0.39 is 5.97 Å². The molecule has 3 rings (SSSR count). The summed E-state index contributed by atoms with van der Waals surface area (Å²) in [4.78, 5) is 15.1. The van der Waals surface area contributed by atoms with Crippen LogP contribution in [0, 0.1) is 0 Å². The number of hydrogen-bond acceptors (Lipinski definition) is 3. The van der Waals surface area contributed by atoms with E-state index in [2.05, 4.69) is 21.5 Å². The van der Waals surface area contributed by atoms with Crippen LogP contribution in [0.15, 0.2) is 66.9 Å². The van der Waals surface area contributed by atoms with E-state index in [9.17, 15) is 4.79 Å². The molecule has 0 bridgehead atoms. The van der Waals surface area contributed by atoms with Crippen LogP contribution in [0.1, 0.15) is 5.56 Å². The zero-order chi connectivity index (χ0) is 14.7. The number of para-hydroxylation sites is 1. The SMILES string of the molecule is NOC(=O)/C=C/c1ccc2c(ccn2-c2ccccc2)c1. The maximum atomic E-state index is 11.0. The Morgan fingerprint density at radius 2 is 1.90 bits per heavy atom. The van der Waals surface area contributed by atoms with E-state index >= 15 is 0 Å². The number of rotatable bonds is 3. The first-order chi connectivity index (χ1) is 10.3. The van der Waals surface area contributed by atoms with Crippen LogP contribution in [-0.4, -0.2) is 10.5 Å². The second-order valence-corrected chi connectivity index (χ2v) is 4.61. The Kier molecular flexibility index (Phi) is 3.53. The lowest BCUT2D eigenvalue weighted by Gasteiger charge is -2.05. The van der Waals surface area contributed by atoms with Gasteiger partial charge in [0.1, 0.15) is 0 Å². The zero-order valence-electron chi connectivity index (χ0n) is 11.3. The average Bonchev–Trinajstić information content (AvgIpc) is 2.96. The summed E-state index contributed by atoms with van der Waals surface area (Å²) in [7, 11) is 0. The summed E-state index contributed by atoms with van der Waals surface area (Å²) < 4.78 is 2.12. The maximum Gasteiger partial charge on any atom is 0.349 e. The van der Waals surface area contributed by atoms with Crippen LogP contribution in [0.25, 0.3) is 22.7 Å². The summed E-state index contributed by atoms with van der Waals surface area (Å²) >= 11 is 0. The number of nitrogens with two attached hydrogens (primary N) is 1. The van der Waals surface area contributed by atoms with E-state index in [-0.39, 0.29) is 0 Å². The molecule has 0 amide bonds. The molecule has 1 heterocycles. The molecule has 3 aromatic rings. The van der Waals surface area contributed by atoms with E-state index in [1.807, 2.05) is 48.7 Å². The van der Waals surface area contributed by atoms with Crippen LogP contribution in [0.5, 0.6) is 0 Å². The van der Waals surface area contributed by atoms with Crippen molar-refractivity contribution in [1.82, 2.24) is 4.57 Å². The van der Waals surface area contributed by atoms with Crippen molar-refractivity contribution in [1.29, 1.82) is 0 Å². The van der Waals surface area contributed by atoms with Gasteiger partial charge >= 0.3 is 5.97 Å². The Morgan fingerprint density at radius 3 is 2.67 bits per heavy atom. The fourth-order valence-electron chi connectivity index (χ4n) is 2.28. The summed E-state index contributed by atoms with van der Waals surface area (Å²) in [5.41, 5.74) is 3.14. The molecular formula is C17H14N2O2. The minimum Gasteiger partial charge on any atom is -0.370 e. The first-order valence-corrected chi connectivity index (χ1v) is 6.53. The number of fused-ring (bicyclic) bond motifs is 1. The molecule has 2 aromatic carbocycles. The molecular weight excluding hydrogens is 264 g/mol. The number of carbonyl (C=O) groups is 1. The first kappa shape index (κ1) is 13.1. The minimum absolute atomic E-state index is 0.572. The van der Waals surface area contributed by atoms with Crippen molar-refractivity contribution in [3.8, 4) is 5.69 Å². The van der Waals surface area contributed by atoms with Crippen LogP contribution < -0.4 is 5.90 Å². The number of benzene rings is 2. The van der Waals surface area contributed by atoms with E-state index in [4.69, 9.17) is 5.90 Å². The van der Waals surface area contributed by atoms with E-state index in [0.29, 0.717) is 0 Å². The molecule has 0 aliphatic rings. The Labute approximate surface area is 122 Å². The van der Waals surface area contributed by atoms with Crippen molar-refractivity contribution in [2.75, 3.05) is 0 Å². The summed E-state index contributed by atoms with van der Waals surface area (Å²) in [5.74, 6) is 4.22. The topological polar surface area (TPSA) is 57.2 Å². The molecule has 0 fully saturated rings. The Hall–Kier alpha value is -2.85. The van der Waals surface area contributed by atoms with Crippen LogP contribution >= 0.6 is 0 Å². The van der Waals surface area contributed by atoms with Crippen LogP contribution in [0.4, 0.5) is 0 Å². The molecule has 0 unspecified atom stereocenters. The van der Waals surface area contributed by atoms with Gasteiger partial charge < -0.3 is 9.40 Å². The second-order valence-electron chi connectivity index (χ2n) is 4.61. The number of carbonyl (C=O) groups excluding carboxylic acids is 1. The molecule has 21 heavy (non-hydrogen) atoms. The zero-order valence-corrected chi connectivity index (χ0v) is 11.3. The lowest BCUT2D eigenvalue weighted by molar-refractivity contribution is -0.138. The highest BCUT2D eigenvalue weighted by atomic mass is 16.7. The average molecular weight is 278 g/mol. The highest BCUT2D eigenvalue weighted by Crippen LogP contribution is 2.22. The quantitative estimate of drug-likeness (QED) is 0.591. The van der Waals surface area contributed by atoms with Crippen molar-refractivity contribution in [2.24, 2.45) is 5.90 Å². The number of hydrogen-bond donors (Lipinski definition) is 1. The standard InChI is InChI=1S/C17H14N2O2/c18-21-17(20)9-7-13-6-8-16-14(12-13)10-11-19(16)15-4-2-1-3-5-15/h1-12H,18H2/b9-7+. The van der Waals surface area contributed by atoms with E-state index in [1.54, 1.807) is 6.08 Å². The largest absolute Gasteiger partial charge is 0.370 e. The van der Waals surface area contributed by atoms with Crippen LogP contribution in [0.2, 0.25) is 0 Å². The highest BCUT2D eigenvalue weighted by molar-refractivity contribution is 5.89. The monoisotopic (exact) mass is 278 g/mol. The second kappa shape index (κ2) is 5.64. The molecule has 4 heteroatoms. The number of aromatic nitrogens is 1. The normalized spacial score (nSPS) is 11.1. The van der Waals surface area contributed by atoms with Gasteiger partial charge in [0, 0.05) is 23.3 Å². The molecule has 0 spiro atoms. The predicted molar refractivity (Wildman–Crippen MR) is 82.6 cm³/mol. The Bertz CT molecular complexity index is 804. The third kappa shape index (κ3) is 2.70. The van der Waals surface area contributed by atoms with Gasteiger partial charge in [0.15, 0.2) is 0 Å². The van der Waals surface area contributed by atoms with Gasteiger partial charge in [-0.3, -0.25) is 0 Å². The maximum absolute atomic E-state index is 11.0. The van der Waals surface area contributed by atoms with Crippen molar-refractivity contribution in [3.63, 3.8) is 0 Å². The van der Waals surface area contributed by atoms with Crippen molar-refractivity contribution in [3.05, 3.63) is 72.4 Å². The smallest absolute Gasteiger partial charge is 0.349 e. The molecule has 0 aliphatic heterocycles. The third-order valence-electron chi connectivity index (χ3n) is 3.28. The van der Waals surface area contributed by atoms with Gasteiger partial charge in [0.2, 0.25) is 0 Å². The summed E-state index contributed by atoms with van der Waals surface area (Å²) in [5, 5.41) is 1.10. The lowest BCUT2D eigenvalue weighted by Crippen LogP contribution is -2.05. The molecule has 0 aliphatic carbocycles. The minimum atomic E-state index is -0.572. The van der Waals surface area contributed by atoms with Crippen molar-refractivity contribution < 1.29 is 9.63 Å². The molecule has 0 saturated heterocycles. The van der Waals surface area contributed by atoms with Gasteiger partial charge in [-0.05, 0) is 42.0 Å². The fourth-order valence-corrected chi connectivity index (χ4v) is 2.28. The van der Waals surface area contributed by atoms with Gasteiger partial charge in [0.25, 0.3) is 0 Å². The van der Waals surface area contributed by atoms with Crippen LogP contribution in [-0.2, 0) is 9.63 Å². The molecule has 1 aromatic heterocycles. The summed E-state index contributed by atoms with van der Waals surface area (Å²) in [6.07, 6.45) is 5.01. The lowest BCUT2D eigenvalue weighted by atomic mass is 10.1. The summed E-state index contributed by atoms with van der Waals surface area (Å²) in [6.45, 7) is 0. The first-order valence-electron chi connectivity index (χ1n) is 6.53. The Morgan fingerprint density at radius 1 is 1.10 bits per heavy atom. The van der Waals surface area contributed by atoms with E-state index in [0.717, 1.165) is 22.2 Å². The molecule has 2 N–H and O–H groups in total. The molecule has 0 atom stereocenters. The van der Waals surface area contributed by atoms with Gasteiger partial charge in [-0.15, -0.1) is 0 Å². The Balaban J connectivity index is 1.98. The molecule has 104 valence electrons. The fraction of sp³-hybridized carbons (Fsp3) is 0. The third-order valence-corrected chi connectivity index (χ3v) is 3.28. The predicted octanol–water partition coefficient (Wildman–Crippen LogP) is 3.06. The van der Waals surface area contributed by atoms with Gasteiger partial charge in [-0.25, -0.2) is 4.79 Å². The van der Waals surface area contributed by atoms with E-state index in [1.165, 1.54) is 6.08 Å². The van der Waals surface area contributed by atoms with Crippen molar-refractivity contribution >= 4 is 22.9 Å². The number of nitrogens with zero attached hydrogens (tertiary/aromatic N) is 1. The highest BCUT2D eigenvalue weighted by Gasteiger charge is 2.03. The molecule has 0 saturated carbocycles. The van der Waals surface area contributed by atoms with Gasteiger partial charge in [0.05, 0.1) is 5.52 Å². The molecule has 4 nitrogen and oxygen atoms in total. The molecule has 0 radical (unpaired) electrons. The van der Waals surface area contributed by atoms with Crippen molar-refractivity contribution in [2.45, 2.75) is 0 Å². The van der Waals surface area contributed by atoms with Gasteiger partial charge in [-0.2, -0.15) is 5.90 Å².